The number of methoxy groups -OCH3 is 3. The van der Waals surface area contributed by atoms with Gasteiger partial charge in [-0.1, -0.05) is 11.8 Å². The van der Waals surface area contributed by atoms with E-state index >= 15 is 0 Å². The van der Waals surface area contributed by atoms with Crippen LogP contribution in [0, 0.1) is 0 Å². The second-order valence-electron chi connectivity index (χ2n) is 6.05. The van der Waals surface area contributed by atoms with Gasteiger partial charge in [-0.25, -0.2) is 4.98 Å². The molecule has 0 aliphatic heterocycles. The highest BCUT2D eigenvalue weighted by atomic mass is 32.2. The minimum Gasteiger partial charge on any atom is -0.497 e. The van der Waals surface area contributed by atoms with Crippen molar-refractivity contribution in [3.05, 3.63) is 46.8 Å². The molecule has 0 saturated heterocycles. The number of hydrogen-bond donors (Lipinski definition) is 0. The molecular formula is C21H22N2O6S. The molecule has 0 fully saturated rings. The molecule has 3 rings (SSSR count). The van der Waals surface area contributed by atoms with E-state index in [0.717, 1.165) is 11.8 Å². The molecule has 0 aliphatic carbocycles. The Morgan fingerprint density at radius 3 is 2.30 bits per heavy atom. The van der Waals surface area contributed by atoms with E-state index in [0.29, 0.717) is 39.0 Å². The SMILES string of the molecule is CCOC(=O)CSc1nc2cc(OC)c(OC)cc2c(=O)n1-c1ccc(OC)cc1. The molecule has 2 aromatic carbocycles. The van der Waals surface area contributed by atoms with Crippen molar-refractivity contribution < 1.29 is 23.7 Å². The summed E-state index contributed by atoms with van der Waals surface area (Å²) < 4.78 is 22.3. The maximum Gasteiger partial charge on any atom is 0.316 e. The molecule has 0 N–H and O–H groups in total. The Morgan fingerprint density at radius 2 is 1.70 bits per heavy atom. The van der Waals surface area contributed by atoms with Gasteiger partial charge in [0.25, 0.3) is 5.56 Å². The van der Waals surface area contributed by atoms with Crippen LogP contribution in [0.5, 0.6) is 17.2 Å². The Morgan fingerprint density at radius 1 is 1.03 bits per heavy atom. The lowest BCUT2D eigenvalue weighted by Gasteiger charge is -2.15. The number of thioether (sulfide) groups is 1. The van der Waals surface area contributed by atoms with Gasteiger partial charge in [0.15, 0.2) is 16.7 Å². The van der Waals surface area contributed by atoms with Gasteiger partial charge >= 0.3 is 5.97 Å². The number of esters is 1. The number of aromatic nitrogens is 2. The van der Waals surface area contributed by atoms with Gasteiger partial charge in [0.1, 0.15) is 5.75 Å². The number of benzene rings is 2. The number of carbonyl (C=O) groups is 1. The summed E-state index contributed by atoms with van der Waals surface area (Å²) in [5.74, 6) is 1.19. The van der Waals surface area contributed by atoms with E-state index in [1.54, 1.807) is 50.4 Å². The third-order valence-corrected chi connectivity index (χ3v) is 5.21. The molecular weight excluding hydrogens is 408 g/mol. The van der Waals surface area contributed by atoms with Gasteiger partial charge in [-0.15, -0.1) is 0 Å². The molecule has 8 nitrogen and oxygen atoms in total. The second-order valence-corrected chi connectivity index (χ2v) is 6.99. The van der Waals surface area contributed by atoms with Crippen LogP contribution < -0.4 is 19.8 Å². The lowest BCUT2D eigenvalue weighted by Crippen LogP contribution is -2.22. The fraction of sp³-hybridized carbons (Fsp3) is 0.286. The van der Waals surface area contributed by atoms with Crippen LogP contribution in [0.4, 0.5) is 0 Å². The normalized spacial score (nSPS) is 10.7. The van der Waals surface area contributed by atoms with Crippen molar-refractivity contribution in [3.63, 3.8) is 0 Å². The van der Waals surface area contributed by atoms with Gasteiger partial charge in [-0.2, -0.15) is 0 Å². The molecule has 1 aromatic heterocycles. The van der Waals surface area contributed by atoms with Crippen molar-refractivity contribution in [3.8, 4) is 22.9 Å². The van der Waals surface area contributed by atoms with Gasteiger partial charge in [-0.05, 0) is 37.3 Å². The Labute approximate surface area is 177 Å². The zero-order chi connectivity index (χ0) is 21.7. The zero-order valence-corrected chi connectivity index (χ0v) is 17.9. The van der Waals surface area contributed by atoms with Crippen LogP contribution in [-0.4, -0.2) is 49.2 Å². The molecule has 1 heterocycles. The molecule has 0 spiro atoms. The van der Waals surface area contributed by atoms with Crippen molar-refractivity contribution >= 4 is 28.6 Å². The lowest BCUT2D eigenvalue weighted by atomic mass is 10.2. The van der Waals surface area contributed by atoms with E-state index in [-0.39, 0.29) is 23.9 Å². The first-order valence-electron chi connectivity index (χ1n) is 9.14. The maximum atomic E-state index is 13.4. The summed E-state index contributed by atoms with van der Waals surface area (Å²) in [6.45, 7) is 2.02. The standard InChI is InChI=1S/C21H22N2O6S/c1-5-29-19(24)12-30-21-22-16-11-18(28-4)17(27-3)10-15(16)20(25)23(21)13-6-8-14(26-2)9-7-13/h6-11H,5,12H2,1-4H3. The number of hydrogen-bond acceptors (Lipinski definition) is 8. The van der Waals surface area contributed by atoms with Crippen LogP contribution in [0.25, 0.3) is 16.6 Å². The average Bonchev–Trinajstić information content (AvgIpc) is 2.77. The first-order chi connectivity index (χ1) is 14.5. The van der Waals surface area contributed by atoms with E-state index in [1.807, 2.05) is 0 Å². The molecule has 0 aliphatic rings. The van der Waals surface area contributed by atoms with Gasteiger partial charge in [-0.3, -0.25) is 14.2 Å². The van der Waals surface area contributed by atoms with Gasteiger partial charge in [0.2, 0.25) is 0 Å². The lowest BCUT2D eigenvalue weighted by molar-refractivity contribution is -0.139. The fourth-order valence-electron chi connectivity index (χ4n) is 2.87. The van der Waals surface area contributed by atoms with E-state index in [4.69, 9.17) is 18.9 Å². The smallest absolute Gasteiger partial charge is 0.316 e. The summed E-state index contributed by atoms with van der Waals surface area (Å²) >= 11 is 1.13. The highest BCUT2D eigenvalue weighted by Gasteiger charge is 2.18. The molecule has 0 amide bonds. The predicted molar refractivity (Wildman–Crippen MR) is 114 cm³/mol. The molecule has 0 unspecified atom stereocenters. The molecule has 0 atom stereocenters. The number of fused-ring (bicyclic) bond motifs is 1. The third-order valence-electron chi connectivity index (χ3n) is 4.30. The highest BCUT2D eigenvalue weighted by molar-refractivity contribution is 7.99. The number of ether oxygens (including phenoxy) is 4. The average molecular weight is 430 g/mol. The van der Waals surface area contributed by atoms with Crippen LogP contribution in [0.15, 0.2) is 46.3 Å². The third kappa shape index (κ3) is 4.35. The predicted octanol–water partition coefficient (Wildman–Crippen LogP) is 3.07. The number of nitrogens with zero attached hydrogens (tertiary/aromatic N) is 2. The van der Waals surface area contributed by atoms with Crippen molar-refractivity contribution in [2.24, 2.45) is 0 Å². The van der Waals surface area contributed by atoms with E-state index in [9.17, 15) is 9.59 Å². The monoisotopic (exact) mass is 430 g/mol. The summed E-state index contributed by atoms with van der Waals surface area (Å²) in [4.78, 5) is 29.9. The van der Waals surface area contributed by atoms with Crippen molar-refractivity contribution in [2.45, 2.75) is 12.1 Å². The summed E-state index contributed by atoms with van der Waals surface area (Å²) in [5, 5.41) is 0.724. The van der Waals surface area contributed by atoms with Crippen molar-refractivity contribution in [2.75, 3.05) is 33.7 Å². The first-order valence-corrected chi connectivity index (χ1v) is 10.1. The Bertz CT molecular complexity index is 1110. The minimum absolute atomic E-state index is 0.0230. The number of rotatable bonds is 8. The summed E-state index contributed by atoms with van der Waals surface area (Å²) in [7, 11) is 4.58. The minimum atomic E-state index is -0.384. The van der Waals surface area contributed by atoms with Crippen molar-refractivity contribution in [1.29, 1.82) is 0 Å². The van der Waals surface area contributed by atoms with Gasteiger partial charge in [0.05, 0.1) is 50.3 Å². The number of carbonyl (C=O) groups excluding carboxylic acids is 1. The molecule has 3 aromatic rings. The molecule has 9 heteroatoms. The molecule has 30 heavy (non-hydrogen) atoms. The Kier molecular flexibility index (Phi) is 6.83. The van der Waals surface area contributed by atoms with Gasteiger partial charge < -0.3 is 18.9 Å². The zero-order valence-electron chi connectivity index (χ0n) is 17.1. The quantitative estimate of drug-likeness (QED) is 0.306. The van der Waals surface area contributed by atoms with Crippen LogP contribution in [0.2, 0.25) is 0 Å². The summed E-state index contributed by atoms with van der Waals surface area (Å²) in [6.07, 6.45) is 0. The second kappa shape index (κ2) is 9.53. The van der Waals surface area contributed by atoms with E-state index < -0.39 is 0 Å². The van der Waals surface area contributed by atoms with Gasteiger partial charge in [0, 0.05) is 6.07 Å². The Hall–Kier alpha value is -3.20. The molecule has 158 valence electrons. The van der Waals surface area contributed by atoms with Crippen LogP contribution >= 0.6 is 11.8 Å². The van der Waals surface area contributed by atoms with E-state index in [1.165, 1.54) is 18.8 Å². The van der Waals surface area contributed by atoms with Crippen LogP contribution in [-0.2, 0) is 9.53 Å². The molecule has 0 bridgehead atoms. The fourth-order valence-corrected chi connectivity index (χ4v) is 3.68. The molecule has 0 saturated carbocycles. The van der Waals surface area contributed by atoms with Crippen molar-refractivity contribution in [1.82, 2.24) is 9.55 Å². The summed E-state index contributed by atoms with van der Waals surface area (Å²) in [5.41, 5.74) is 0.739. The largest absolute Gasteiger partial charge is 0.497 e. The highest BCUT2D eigenvalue weighted by Crippen LogP contribution is 2.31. The van der Waals surface area contributed by atoms with Crippen LogP contribution in [0.3, 0.4) is 0 Å². The topological polar surface area (TPSA) is 88.9 Å². The Balaban J connectivity index is 2.20. The first kappa shape index (κ1) is 21.5. The van der Waals surface area contributed by atoms with Crippen LogP contribution in [0.1, 0.15) is 6.92 Å². The summed E-state index contributed by atoms with van der Waals surface area (Å²) in [6, 6.07) is 10.2. The maximum absolute atomic E-state index is 13.4. The van der Waals surface area contributed by atoms with E-state index in [2.05, 4.69) is 4.98 Å². The molecule has 0 radical (unpaired) electrons.